The van der Waals surface area contributed by atoms with E-state index in [0.717, 1.165) is 5.56 Å². The Morgan fingerprint density at radius 1 is 1.50 bits per heavy atom. The highest BCUT2D eigenvalue weighted by molar-refractivity contribution is 5.77. The van der Waals surface area contributed by atoms with Crippen LogP contribution in [0.15, 0.2) is 24.3 Å². The second-order valence-electron chi connectivity index (χ2n) is 2.99. The van der Waals surface area contributed by atoms with Gasteiger partial charge in [-0.25, -0.2) is 4.79 Å². The van der Waals surface area contributed by atoms with Gasteiger partial charge in [-0.2, -0.15) is 5.90 Å². The molecule has 14 heavy (non-hydrogen) atoms. The third-order valence-corrected chi connectivity index (χ3v) is 2.10. The SMILES string of the molecule is CCC(C(=O)ON)c1ccc(O)cc1. The summed E-state index contributed by atoms with van der Waals surface area (Å²) < 4.78 is 0. The van der Waals surface area contributed by atoms with Gasteiger partial charge >= 0.3 is 5.97 Å². The molecular formula is C10H13NO3. The van der Waals surface area contributed by atoms with Crippen molar-refractivity contribution in [2.24, 2.45) is 5.90 Å². The number of phenolic OH excluding ortho intramolecular Hbond substituents is 1. The summed E-state index contributed by atoms with van der Waals surface area (Å²) in [7, 11) is 0. The summed E-state index contributed by atoms with van der Waals surface area (Å²) in [6.07, 6.45) is 0.612. The number of aromatic hydroxyl groups is 1. The first-order valence-electron chi connectivity index (χ1n) is 4.38. The van der Waals surface area contributed by atoms with E-state index in [1.165, 1.54) is 12.1 Å². The van der Waals surface area contributed by atoms with Crippen LogP contribution in [0.3, 0.4) is 0 Å². The Bertz CT molecular complexity index is 308. The van der Waals surface area contributed by atoms with Crippen LogP contribution in [0.25, 0.3) is 0 Å². The zero-order valence-corrected chi connectivity index (χ0v) is 7.93. The second kappa shape index (κ2) is 4.62. The maximum absolute atomic E-state index is 11.2. The summed E-state index contributed by atoms with van der Waals surface area (Å²) in [5.41, 5.74) is 0.792. The highest BCUT2D eigenvalue weighted by atomic mass is 16.7. The standard InChI is InChI=1S/C10H13NO3/c1-2-9(10(13)14-11)7-3-5-8(12)6-4-7/h3-6,9,12H,2,11H2,1H3. The molecule has 4 nitrogen and oxygen atoms in total. The maximum atomic E-state index is 11.2. The van der Waals surface area contributed by atoms with Crippen LogP contribution in [0.4, 0.5) is 0 Å². The molecule has 1 unspecified atom stereocenters. The molecule has 0 aliphatic heterocycles. The zero-order valence-electron chi connectivity index (χ0n) is 7.93. The Morgan fingerprint density at radius 3 is 2.50 bits per heavy atom. The minimum absolute atomic E-state index is 0.171. The minimum Gasteiger partial charge on any atom is -0.508 e. The van der Waals surface area contributed by atoms with Crippen molar-refractivity contribution < 1.29 is 14.7 Å². The third-order valence-electron chi connectivity index (χ3n) is 2.10. The van der Waals surface area contributed by atoms with Crippen LogP contribution >= 0.6 is 0 Å². The first kappa shape index (κ1) is 10.5. The van der Waals surface area contributed by atoms with Gasteiger partial charge in [0.25, 0.3) is 0 Å². The number of hydrogen-bond acceptors (Lipinski definition) is 4. The first-order chi connectivity index (χ1) is 6.69. The quantitative estimate of drug-likeness (QED) is 0.713. The maximum Gasteiger partial charge on any atom is 0.331 e. The molecule has 1 atom stereocenters. The molecule has 3 N–H and O–H groups in total. The van der Waals surface area contributed by atoms with Gasteiger partial charge in [-0.1, -0.05) is 19.1 Å². The molecule has 0 amide bonds. The fourth-order valence-electron chi connectivity index (χ4n) is 1.33. The molecule has 0 spiro atoms. The predicted molar refractivity (Wildman–Crippen MR) is 51.4 cm³/mol. The minimum atomic E-state index is -0.460. The number of hydrogen-bond donors (Lipinski definition) is 2. The third kappa shape index (κ3) is 2.23. The van der Waals surface area contributed by atoms with Gasteiger partial charge in [0.15, 0.2) is 0 Å². The molecular weight excluding hydrogens is 182 g/mol. The van der Waals surface area contributed by atoms with Crippen LogP contribution in [0.1, 0.15) is 24.8 Å². The van der Waals surface area contributed by atoms with E-state index in [-0.39, 0.29) is 11.7 Å². The number of nitrogens with two attached hydrogens (primary N) is 1. The molecule has 4 heteroatoms. The Hall–Kier alpha value is -1.55. The van der Waals surface area contributed by atoms with Crippen molar-refractivity contribution in [3.05, 3.63) is 29.8 Å². The van der Waals surface area contributed by atoms with E-state index in [4.69, 9.17) is 11.0 Å². The Labute approximate surface area is 82.3 Å². The molecule has 0 saturated heterocycles. The summed E-state index contributed by atoms with van der Waals surface area (Å²) in [5.74, 6) is 4.17. The number of phenols is 1. The fraction of sp³-hybridized carbons (Fsp3) is 0.300. The lowest BCUT2D eigenvalue weighted by Gasteiger charge is -2.11. The van der Waals surface area contributed by atoms with Crippen molar-refractivity contribution in [1.29, 1.82) is 0 Å². The number of benzene rings is 1. The van der Waals surface area contributed by atoms with Crippen molar-refractivity contribution in [2.45, 2.75) is 19.3 Å². The number of carbonyl (C=O) groups is 1. The van der Waals surface area contributed by atoms with Crippen molar-refractivity contribution in [2.75, 3.05) is 0 Å². The van der Waals surface area contributed by atoms with Gasteiger partial charge in [0.1, 0.15) is 5.75 Å². The Kier molecular flexibility index (Phi) is 3.48. The van der Waals surface area contributed by atoms with Crippen molar-refractivity contribution in [1.82, 2.24) is 0 Å². The monoisotopic (exact) mass is 195 g/mol. The molecule has 1 rings (SSSR count). The molecule has 0 saturated carbocycles. The molecule has 0 radical (unpaired) electrons. The van der Waals surface area contributed by atoms with Crippen LogP contribution in [0.2, 0.25) is 0 Å². The lowest BCUT2D eigenvalue weighted by Crippen LogP contribution is -2.18. The predicted octanol–water partition coefficient (Wildman–Crippen LogP) is 1.30. The molecule has 0 heterocycles. The van der Waals surface area contributed by atoms with Gasteiger partial charge in [-0.05, 0) is 24.1 Å². The summed E-state index contributed by atoms with van der Waals surface area (Å²) in [6.45, 7) is 1.87. The Morgan fingerprint density at radius 2 is 2.07 bits per heavy atom. The molecule has 76 valence electrons. The van der Waals surface area contributed by atoms with Crippen LogP contribution < -0.4 is 5.90 Å². The van der Waals surface area contributed by atoms with Crippen LogP contribution in [0, 0.1) is 0 Å². The number of rotatable bonds is 3. The highest BCUT2D eigenvalue weighted by Crippen LogP contribution is 2.22. The van der Waals surface area contributed by atoms with E-state index in [1.807, 2.05) is 6.92 Å². The van der Waals surface area contributed by atoms with Crippen LogP contribution in [-0.2, 0) is 9.63 Å². The normalized spacial score (nSPS) is 12.1. The average Bonchev–Trinajstić information content (AvgIpc) is 2.21. The van der Waals surface area contributed by atoms with Crippen LogP contribution in [0.5, 0.6) is 5.75 Å². The van der Waals surface area contributed by atoms with Gasteiger partial charge in [0.2, 0.25) is 0 Å². The van der Waals surface area contributed by atoms with E-state index in [0.29, 0.717) is 6.42 Å². The van der Waals surface area contributed by atoms with Gasteiger partial charge in [-0.3, -0.25) is 0 Å². The number of carbonyl (C=O) groups excluding carboxylic acids is 1. The van der Waals surface area contributed by atoms with Crippen molar-refractivity contribution in [3.8, 4) is 5.75 Å². The second-order valence-corrected chi connectivity index (χ2v) is 2.99. The first-order valence-corrected chi connectivity index (χ1v) is 4.38. The van der Waals surface area contributed by atoms with Gasteiger partial charge in [0.05, 0.1) is 5.92 Å². The van der Waals surface area contributed by atoms with E-state index >= 15 is 0 Å². The molecule has 1 aromatic carbocycles. The van der Waals surface area contributed by atoms with E-state index in [9.17, 15) is 4.79 Å². The molecule has 0 fully saturated rings. The largest absolute Gasteiger partial charge is 0.508 e. The fourth-order valence-corrected chi connectivity index (χ4v) is 1.33. The van der Waals surface area contributed by atoms with Crippen LogP contribution in [-0.4, -0.2) is 11.1 Å². The van der Waals surface area contributed by atoms with E-state index < -0.39 is 5.97 Å². The summed E-state index contributed by atoms with van der Waals surface area (Å²) >= 11 is 0. The van der Waals surface area contributed by atoms with Gasteiger partial charge in [-0.15, -0.1) is 0 Å². The highest BCUT2D eigenvalue weighted by Gasteiger charge is 2.19. The molecule has 1 aromatic rings. The molecule has 0 aromatic heterocycles. The smallest absolute Gasteiger partial charge is 0.331 e. The average molecular weight is 195 g/mol. The molecule has 0 aliphatic carbocycles. The topological polar surface area (TPSA) is 72.5 Å². The van der Waals surface area contributed by atoms with E-state index in [1.54, 1.807) is 12.1 Å². The van der Waals surface area contributed by atoms with Crippen molar-refractivity contribution in [3.63, 3.8) is 0 Å². The molecule has 0 bridgehead atoms. The van der Waals surface area contributed by atoms with Gasteiger partial charge < -0.3 is 9.94 Å². The lowest BCUT2D eigenvalue weighted by atomic mass is 9.97. The Balaban J connectivity index is 2.89. The van der Waals surface area contributed by atoms with Crippen molar-refractivity contribution >= 4 is 5.97 Å². The zero-order chi connectivity index (χ0) is 10.6. The van der Waals surface area contributed by atoms with E-state index in [2.05, 4.69) is 4.84 Å². The summed E-state index contributed by atoms with van der Waals surface area (Å²) in [4.78, 5) is 15.4. The summed E-state index contributed by atoms with van der Waals surface area (Å²) in [6, 6.07) is 6.42. The summed E-state index contributed by atoms with van der Waals surface area (Å²) in [5, 5.41) is 9.07. The van der Waals surface area contributed by atoms with Gasteiger partial charge in [0, 0.05) is 0 Å². The molecule has 0 aliphatic rings. The lowest BCUT2D eigenvalue weighted by molar-refractivity contribution is -0.146.